The van der Waals surface area contributed by atoms with Crippen LogP contribution in [0.15, 0.2) is 75.9 Å². The molecule has 2 aliphatic heterocycles. The summed E-state index contributed by atoms with van der Waals surface area (Å²) in [6.45, 7) is 3.72. The summed E-state index contributed by atoms with van der Waals surface area (Å²) in [5.41, 5.74) is 2.16. The molecule has 2 heterocycles. The summed E-state index contributed by atoms with van der Waals surface area (Å²) in [5.74, 6) is -1.73. The van der Waals surface area contributed by atoms with E-state index in [0.29, 0.717) is 22.1 Å². The molecular formula is C25H23F2N3O3S. The summed E-state index contributed by atoms with van der Waals surface area (Å²) in [6.07, 6.45) is -0.0263. The number of esters is 1. The van der Waals surface area contributed by atoms with Crippen LogP contribution in [0.2, 0.25) is 0 Å². The maximum atomic E-state index is 14.9. The number of rotatable bonds is 7. The third-order valence-electron chi connectivity index (χ3n) is 5.42. The zero-order valence-corrected chi connectivity index (χ0v) is 19.5. The predicted octanol–water partition coefficient (Wildman–Crippen LogP) is 4.81. The lowest BCUT2D eigenvalue weighted by molar-refractivity contribution is -0.139. The third-order valence-corrected chi connectivity index (χ3v) is 6.30. The van der Waals surface area contributed by atoms with Crippen molar-refractivity contribution in [2.45, 2.75) is 32.9 Å². The number of amidine groups is 1. The molecule has 34 heavy (non-hydrogen) atoms. The zero-order valence-electron chi connectivity index (χ0n) is 18.7. The number of allylic oxidation sites excluding steroid dienone is 1. The SMILES string of the molecule is CCOC(=O)C1=C(C)N=C2SC=C(CC(=O)NCc3cccc(F)c3)N2C1c1ccccc1F. The van der Waals surface area contributed by atoms with Crippen LogP contribution < -0.4 is 5.32 Å². The number of halogens is 2. The first kappa shape index (κ1) is 23.7. The molecular weight excluding hydrogens is 460 g/mol. The van der Waals surface area contributed by atoms with Gasteiger partial charge in [0, 0.05) is 17.8 Å². The van der Waals surface area contributed by atoms with Gasteiger partial charge in [0.05, 0.1) is 30.3 Å². The van der Waals surface area contributed by atoms with E-state index in [4.69, 9.17) is 4.74 Å². The van der Waals surface area contributed by atoms with Crippen LogP contribution in [0.1, 0.15) is 37.4 Å². The summed E-state index contributed by atoms with van der Waals surface area (Å²) in [4.78, 5) is 31.8. The summed E-state index contributed by atoms with van der Waals surface area (Å²) < 4.78 is 33.6. The Kier molecular flexibility index (Phi) is 7.12. The zero-order chi connectivity index (χ0) is 24.2. The number of amides is 1. The molecule has 9 heteroatoms. The molecule has 6 nitrogen and oxygen atoms in total. The molecule has 176 valence electrons. The molecule has 1 unspecified atom stereocenters. The molecule has 1 N–H and O–H groups in total. The topological polar surface area (TPSA) is 71.0 Å². The van der Waals surface area contributed by atoms with Crippen LogP contribution in [0.25, 0.3) is 0 Å². The highest BCUT2D eigenvalue weighted by Crippen LogP contribution is 2.45. The van der Waals surface area contributed by atoms with Gasteiger partial charge in [-0.25, -0.2) is 18.6 Å². The maximum absolute atomic E-state index is 14.9. The van der Waals surface area contributed by atoms with Gasteiger partial charge >= 0.3 is 5.97 Å². The van der Waals surface area contributed by atoms with E-state index in [1.54, 1.807) is 54.5 Å². The normalized spacial score (nSPS) is 17.2. The van der Waals surface area contributed by atoms with Gasteiger partial charge in [-0.1, -0.05) is 42.1 Å². The first-order valence-electron chi connectivity index (χ1n) is 10.8. The summed E-state index contributed by atoms with van der Waals surface area (Å²) in [5, 5.41) is 5.10. The molecule has 2 aliphatic rings. The van der Waals surface area contributed by atoms with Gasteiger partial charge in [0.15, 0.2) is 5.17 Å². The minimum Gasteiger partial charge on any atom is -0.463 e. The van der Waals surface area contributed by atoms with E-state index in [0.717, 1.165) is 0 Å². The fraction of sp³-hybridized carbons (Fsp3) is 0.240. The molecule has 0 bridgehead atoms. The van der Waals surface area contributed by atoms with Crippen LogP contribution in [-0.2, 0) is 20.9 Å². The molecule has 0 spiro atoms. The second-order valence-electron chi connectivity index (χ2n) is 7.72. The van der Waals surface area contributed by atoms with Crippen molar-refractivity contribution in [3.05, 3.63) is 93.7 Å². The van der Waals surface area contributed by atoms with Crippen LogP contribution in [-0.4, -0.2) is 28.6 Å². The lowest BCUT2D eigenvalue weighted by Crippen LogP contribution is -2.38. The number of nitrogens with one attached hydrogen (secondary N) is 1. The molecule has 0 saturated heterocycles. The Labute approximate surface area is 200 Å². The average molecular weight is 484 g/mol. The number of carbonyl (C=O) groups is 2. The largest absolute Gasteiger partial charge is 0.463 e. The van der Waals surface area contributed by atoms with Gasteiger partial charge in [-0.15, -0.1) is 0 Å². The molecule has 0 radical (unpaired) electrons. The van der Waals surface area contributed by atoms with Crippen LogP contribution in [0.5, 0.6) is 0 Å². The van der Waals surface area contributed by atoms with Gasteiger partial charge < -0.3 is 15.0 Å². The minimum absolute atomic E-state index is 0.0263. The van der Waals surface area contributed by atoms with E-state index in [1.165, 1.54) is 30.0 Å². The van der Waals surface area contributed by atoms with Crippen molar-refractivity contribution in [3.8, 4) is 0 Å². The van der Waals surface area contributed by atoms with Crippen LogP contribution in [0, 0.1) is 11.6 Å². The van der Waals surface area contributed by atoms with Gasteiger partial charge in [-0.3, -0.25) is 4.79 Å². The quantitative estimate of drug-likeness (QED) is 0.573. The minimum atomic E-state index is -0.829. The highest BCUT2D eigenvalue weighted by atomic mass is 32.2. The van der Waals surface area contributed by atoms with Crippen molar-refractivity contribution in [1.82, 2.24) is 10.2 Å². The Bertz CT molecular complexity index is 1230. The molecule has 0 aromatic heterocycles. The fourth-order valence-corrected chi connectivity index (χ4v) is 4.87. The first-order chi connectivity index (χ1) is 16.4. The van der Waals surface area contributed by atoms with Crippen LogP contribution >= 0.6 is 11.8 Å². The van der Waals surface area contributed by atoms with Crippen molar-refractivity contribution in [3.63, 3.8) is 0 Å². The Morgan fingerprint density at radius 1 is 1.18 bits per heavy atom. The molecule has 1 atom stereocenters. The molecule has 0 fully saturated rings. The number of thioether (sulfide) groups is 1. The lowest BCUT2D eigenvalue weighted by atomic mass is 9.93. The first-order valence-corrected chi connectivity index (χ1v) is 11.6. The summed E-state index contributed by atoms with van der Waals surface area (Å²) >= 11 is 1.30. The van der Waals surface area contributed by atoms with Gasteiger partial charge in [-0.2, -0.15) is 0 Å². The van der Waals surface area contributed by atoms with Crippen molar-refractivity contribution >= 4 is 28.8 Å². The number of aliphatic imine (C=N–C) groups is 1. The van der Waals surface area contributed by atoms with Crippen LogP contribution in [0.4, 0.5) is 8.78 Å². The molecule has 4 rings (SSSR count). The Morgan fingerprint density at radius 2 is 1.97 bits per heavy atom. The van der Waals surface area contributed by atoms with Crippen molar-refractivity contribution < 1.29 is 23.1 Å². The van der Waals surface area contributed by atoms with Gasteiger partial charge in [0.2, 0.25) is 5.91 Å². The standard InChI is InChI=1S/C25H23F2N3O3S/c1-3-33-24(32)22-15(2)29-25-30(23(22)19-9-4-5-10-20(19)27)18(14-34-25)12-21(31)28-13-16-7-6-8-17(26)11-16/h4-11,14,23H,3,12-13H2,1-2H3,(H,28,31). The van der Waals surface area contributed by atoms with E-state index in [-0.39, 0.29) is 42.4 Å². The van der Waals surface area contributed by atoms with Crippen molar-refractivity contribution in [2.75, 3.05) is 6.61 Å². The molecule has 0 saturated carbocycles. The number of ether oxygens (including phenoxy) is 1. The third kappa shape index (κ3) is 4.89. The average Bonchev–Trinajstić information content (AvgIpc) is 3.19. The van der Waals surface area contributed by atoms with Gasteiger partial charge in [0.25, 0.3) is 0 Å². The number of hydrogen-bond acceptors (Lipinski definition) is 6. The van der Waals surface area contributed by atoms with Crippen molar-refractivity contribution in [2.24, 2.45) is 4.99 Å². The van der Waals surface area contributed by atoms with E-state index in [2.05, 4.69) is 10.3 Å². The smallest absolute Gasteiger partial charge is 0.338 e. The van der Waals surface area contributed by atoms with E-state index in [1.807, 2.05) is 0 Å². The number of fused-ring (bicyclic) bond motifs is 1. The second-order valence-corrected chi connectivity index (χ2v) is 8.56. The Hall–Kier alpha value is -3.46. The highest BCUT2D eigenvalue weighted by Gasteiger charge is 2.42. The van der Waals surface area contributed by atoms with Crippen molar-refractivity contribution in [1.29, 1.82) is 0 Å². The summed E-state index contributed by atoms with van der Waals surface area (Å²) in [6, 6.07) is 11.4. The number of nitrogens with zero attached hydrogens (tertiary/aromatic N) is 2. The van der Waals surface area contributed by atoms with Gasteiger partial charge in [-0.05, 0) is 43.0 Å². The molecule has 2 aromatic rings. The van der Waals surface area contributed by atoms with E-state index >= 15 is 0 Å². The molecule has 0 aliphatic carbocycles. The number of carbonyl (C=O) groups excluding carboxylic acids is 2. The van der Waals surface area contributed by atoms with Crippen LogP contribution in [0.3, 0.4) is 0 Å². The Morgan fingerprint density at radius 3 is 2.71 bits per heavy atom. The number of hydrogen-bond donors (Lipinski definition) is 1. The summed E-state index contributed by atoms with van der Waals surface area (Å²) in [7, 11) is 0. The molecule has 2 aromatic carbocycles. The monoisotopic (exact) mass is 483 g/mol. The maximum Gasteiger partial charge on any atom is 0.338 e. The highest BCUT2D eigenvalue weighted by molar-refractivity contribution is 8.16. The number of benzene rings is 2. The lowest BCUT2D eigenvalue weighted by Gasteiger charge is -2.36. The fourth-order valence-electron chi connectivity index (χ4n) is 3.91. The second kappa shape index (κ2) is 10.2. The van der Waals surface area contributed by atoms with E-state index in [9.17, 15) is 18.4 Å². The predicted molar refractivity (Wildman–Crippen MR) is 126 cm³/mol. The molecule has 1 amide bonds. The van der Waals surface area contributed by atoms with E-state index < -0.39 is 17.8 Å². The Balaban J connectivity index is 1.61. The van der Waals surface area contributed by atoms with Gasteiger partial charge in [0.1, 0.15) is 11.6 Å².